The number of halogens is 2. The van der Waals surface area contributed by atoms with Crippen molar-refractivity contribution in [1.82, 2.24) is 4.57 Å². The molecule has 7 heteroatoms. The Kier molecular flexibility index (Phi) is 5.25. The zero-order chi connectivity index (χ0) is 20.9. The van der Waals surface area contributed by atoms with E-state index in [0.717, 1.165) is 27.7 Å². The van der Waals surface area contributed by atoms with Gasteiger partial charge in [0.25, 0.3) is 0 Å². The first-order valence-corrected chi connectivity index (χ1v) is 11.3. The summed E-state index contributed by atoms with van der Waals surface area (Å²) < 4.78 is 34.5. The molecule has 1 heterocycles. The second kappa shape index (κ2) is 7.58. The highest BCUT2D eigenvalue weighted by atomic mass is 35.5. The summed E-state index contributed by atoms with van der Waals surface area (Å²) >= 11 is 6.05. The van der Waals surface area contributed by atoms with E-state index in [-0.39, 0.29) is 12.0 Å². The van der Waals surface area contributed by atoms with Crippen molar-refractivity contribution in [1.29, 1.82) is 0 Å². The Labute approximate surface area is 176 Å². The van der Waals surface area contributed by atoms with Crippen molar-refractivity contribution in [3.8, 4) is 0 Å². The number of carbonyl (C=O) groups excluding carboxylic acids is 1. The summed E-state index contributed by atoms with van der Waals surface area (Å²) in [4.78, 5) is 12.1. The van der Waals surface area contributed by atoms with E-state index in [1.807, 2.05) is 31.2 Å². The molecule has 2 aromatic carbocycles. The minimum atomic E-state index is -1.39. The van der Waals surface area contributed by atoms with Gasteiger partial charge in [0.05, 0.1) is 32.9 Å². The van der Waals surface area contributed by atoms with Gasteiger partial charge in [0.15, 0.2) is 0 Å². The molecule has 1 aliphatic carbocycles. The average Bonchev–Trinajstić information content (AvgIpc) is 3.19. The van der Waals surface area contributed by atoms with Crippen molar-refractivity contribution in [2.24, 2.45) is 0 Å². The highest BCUT2D eigenvalue weighted by Gasteiger charge is 2.35. The van der Waals surface area contributed by atoms with Crippen LogP contribution >= 0.6 is 11.6 Å². The monoisotopic (exact) mass is 433 g/mol. The van der Waals surface area contributed by atoms with Gasteiger partial charge < -0.3 is 9.30 Å². The Bertz CT molecular complexity index is 1140. The Morgan fingerprint density at radius 2 is 2.00 bits per heavy atom. The number of aromatic nitrogens is 1. The molecular formula is C22H21ClFNO3S. The standard InChI is InChI=1S/C22H21ClFNO3S/c1-12(14-4-6-15(23)7-5-14)25-21-17(8-9-19(21)28-13(2)26)18-10-16(24)11-20(22(18)25)29(3)27/h4-7,10-12,19H,8-9H2,1-3H3. The maximum atomic E-state index is 14.4. The van der Waals surface area contributed by atoms with E-state index >= 15 is 0 Å². The number of carbonyl (C=O) groups is 1. The van der Waals surface area contributed by atoms with Gasteiger partial charge in [-0.2, -0.15) is 0 Å². The molecule has 1 aromatic heterocycles. The second-order valence-corrected chi connectivity index (χ2v) is 9.14. The molecule has 0 saturated heterocycles. The molecule has 0 N–H and O–H groups in total. The highest BCUT2D eigenvalue weighted by Crippen LogP contribution is 2.45. The third-order valence-corrected chi connectivity index (χ3v) is 6.68. The fourth-order valence-electron chi connectivity index (χ4n) is 4.31. The first kappa shape index (κ1) is 20.1. The van der Waals surface area contributed by atoms with Crippen molar-refractivity contribution in [2.75, 3.05) is 6.26 Å². The number of rotatable bonds is 4. The Balaban J connectivity index is 2.03. The van der Waals surface area contributed by atoms with Crippen molar-refractivity contribution < 1.29 is 18.1 Å². The van der Waals surface area contributed by atoms with E-state index in [9.17, 15) is 13.4 Å². The second-order valence-electron chi connectivity index (χ2n) is 7.35. The maximum absolute atomic E-state index is 14.4. The van der Waals surface area contributed by atoms with E-state index in [1.54, 1.807) is 6.26 Å². The first-order valence-electron chi connectivity index (χ1n) is 9.40. The Morgan fingerprint density at radius 3 is 2.62 bits per heavy atom. The topological polar surface area (TPSA) is 48.3 Å². The minimum absolute atomic E-state index is 0.151. The fraction of sp³-hybridized carbons (Fsp3) is 0.318. The molecule has 0 saturated carbocycles. The molecule has 0 amide bonds. The predicted molar refractivity (Wildman–Crippen MR) is 112 cm³/mol. The summed E-state index contributed by atoms with van der Waals surface area (Å²) in [6.07, 6.45) is 2.45. The van der Waals surface area contributed by atoms with Crippen LogP contribution < -0.4 is 0 Å². The van der Waals surface area contributed by atoms with Gasteiger partial charge in [-0.05, 0) is 55.2 Å². The zero-order valence-electron chi connectivity index (χ0n) is 16.4. The van der Waals surface area contributed by atoms with Gasteiger partial charge in [-0.15, -0.1) is 0 Å². The third kappa shape index (κ3) is 3.49. The molecule has 4 rings (SSSR count). The van der Waals surface area contributed by atoms with Gasteiger partial charge in [0.1, 0.15) is 11.9 Å². The van der Waals surface area contributed by atoms with Crippen LogP contribution in [0.25, 0.3) is 10.9 Å². The predicted octanol–water partition coefficient (Wildman–Crippen LogP) is 5.33. The lowest BCUT2D eigenvalue weighted by molar-refractivity contribution is -0.146. The number of nitrogens with zero attached hydrogens (tertiary/aromatic N) is 1. The van der Waals surface area contributed by atoms with E-state index in [0.29, 0.717) is 22.8 Å². The number of benzene rings is 2. The lowest BCUT2D eigenvalue weighted by atomic mass is 10.1. The number of ether oxygens (including phenoxy) is 1. The van der Waals surface area contributed by atoms with Crippen molar-refractivity contribution in [3.05, 3.63) is 64.1 Å². The van der Waals surface area contributed by atoms with Crippen LogP contribution in [0.15, 0.2) is 41.3 Å². The van der Waals surface area contributed by atoms with E-state index in [2.05, 4.69) is 4.57 Å². The molecule has 0 bridgehead atoms. The van der Waals surface area contributed by atoms with Crippen LogP contribution in [-0.2, 0) is 26.8 Å². The maximum Gasteiger partial charge on any atom is 0.303 e. The third-order valence-electron chi connectivity index (χ3n) is 5.49. The largest absolute Gasteiger partial charge is 0.456 e. The van der Waals surface area contributed by atoms with E-state index in [4.69, 9.17) is 16.3 Å². The lowest BCUT2D eigenvalue weighted by Gasteiger charge is -2.23. The van der Waals surface area contributed by atoms with Gasteiger partial charge in [-0.3, -0.25) is 9.00 Å². The first-order chi connectivity index (χ1) is 13.8. The van der Waals surface area contributed by atoms with E-state index in [1.165, 1.54) is 19.1 Å². The average molecular weight is 434 g/mol. The SMILES string of the molecule is CC(=O)OC1CCc2c1n(C(C)c1ccc(Cl)cc1)c1c(S(C)=O)cc(F)cc21. The van der Waals surface area contributed by atoms with Crippen LogP contribution in [0, 0.1) is 5.82 Å². The molecule has 0 spiro atoms. The summed E-state index contributed by atoms with van der Waals surface area (Å²) in [5.74, 6) is -0.776. The summed E-state index contributed by atoms with van der Waals surface area (Å²) in [7, 11) is -1.39. The number of esters is 1. The minimum Gasteiger partial charge on any atom is -0.456 e. The van der Waals surface area contributed by atoms with Gasteiger partial charge in [0.2, 0.25) is 0 Å². The Hall–Kier alpha value is -2.18. The summed E-state index contributed by atoms with van der Waals surface area (Å²) in [5, 5.41) is 1.37. The highest BCUT2D eigenvalue weighted by molar-refractivity contribution is 7.84. The number of hydrogen-bond donors (Lipinski definition) is 0. The van der Waals surface area contributed by atoms with Crippen molar-refractivity contribution in [3.63, 3.8) is 0 Å². The van der Waals surface area contributed by atoms with Gasteiger partial charge in [0, 0.05) is 23.6 Å². The number of fused-ring (bicyclic) bond motifs is 3. The van der Waals surface area contributed by atoms with Gasteiger partial charge in [-0.1, -0.05) is 23.7 Å². The smallest absolute Gasteiger partial charge is 0.303 e. The van der Waals surface area contributed by atoms with Crippen LogP contribution in [-0.4, -0.2) is 21.0 Å². The van der Waals surface area contributed by atoms with Crippen LogP contribution in [0.3, 0.4) is 0 Å². The fourth-order valence-corrected chi connectivity index (χ4v) is 5.19. The summed E-state index contributed by atoms with van der Waals surface area (Å²) in [6, 6.07) is 10.2. The molecule has 152 valence electrons. The molecule has 0 aliphatic heterocycles. The molecular weight excluding hydrogens is 413 g/mol. The lowest BCUT2D eigenvalue weighted by Crippen LogP contribution is -2.16. The van der Waals surface area contributed by atoms with Gasteiger partial charge >= 0.3 is 5.97 Å². The zero-order valence-corrected chi connectivity index (χ0v) is 17.9. The Morgan fingerprint density at radius 1 is 1.31 bits per heavy atom. The normalized spacial score (nSPS) is 17.9. The quantitative estimate of drug-likeness (QED) is 0.522. The van der Waals surface area contributed by atoms with Crippen LogP contribution in [0.4, 0.5) is 4.39 Å². The summed E-state index contributed by atoms with van der Waals surface area (Å²) in [5.41, 5.74) is 3.55. The van der Waals surface area contributed by atoms with Crippen molar-refractivity contribution >= 4 is 39.3 Å². The molecule has 3 aromatic rings. The van der Waals surface area contributed by atoms with Crippen molar-refractivity contribution in [2.45, 2.75) is 43.7 Å². The molecule has 3 unspecified atom stereocenters. The molecule has 4 nitrogen and oxygen atoms in total. The molecule has 1 aliphatic rings. The molecule has 0 radical (unpaired) electrons. The van der Waals surface area contributed by atoms with Gasteiger partial charge in [-0.25, -0.2) is 4.39 Å². The van der Waals surface area contributed by atoms with Crippen LogP contribution in [0.5, 0.6) is 0 Å². The molecule has 3 atom stereocenters. The molecule has 0 fully saturated rings. The summed E-state index contributed by atoms with van der Waals surface area (Å²) in [6.45, 7) is 3.41. The number of hydrogen-bond acceptors (Lipinski definition) is 3. The van der Waals surface area contributed by atoms with Crippen LogP contribution in [0.1, 0.15) is 49.2 Å². The van der Waals surface area contributed by atoms with Crippen LogP contribution in [0.2, 0.25) is 5.02 Å². The number of aryl methyl sites for hydroxylation is 1. The van der Waals surface area contributed by atoms with E-state index < -0.39 is 22.7 Å². The molecule has 29 heavy (non-hydrogen) atoms.